The first-order chi connectivity index (χ1) is 17.4. The van der Waals surface area contributed by atoms with Gasteiger partial charge in [0, 0.05) is 42.2 Å². The summed E-state index contributed by atoms with van der Waals surface area (Å²) in [5, 5.41) is 6.52. The zero-order chi connectivity index (χ0) is 25.4. The van der Waals surface area contributed by atoms with Gasteiger partial charge in [0.2, 0.25) is 11.8 Å². The molecule has 2 aromatic rings. The molecule has 0 saturated carbocycles. The van der Waals surface area contributed by atoms with E-state index < -0.39 is 12.1 Å². The van der Waals surface area contributed by atoms with Crippen molar-refractivity contribution >= 4 is 34.4 Å². The molecule has 2 fully saturated rings. The molecule has 3 N–H and O–H groups in total. The predicted octanol–water partition coefficient (Wildman–Crippen LogP) is 2.18. The molecule has 1 aliphatic carbocycles. The molecule has 3 aliphatic rings. The number of H-pyrrole nitrogens is 1. The van der Waals surface area contributed by atoms with Gasteiger partial charge in [-0.25, -0.2) is 0 Å². The van der Waals surface area contributed by atoms with E-state index in [1.54, 1.807) is 25.0 Å². The van der Waals surface area contributed by atoms with E-state index in [-0.39, 0.29) is 54.1 Å². The van der Waals surface area contributed by atoms with Crippen LogP contribution in [0.15, 0.2) is 36.4 Å². The van der Waals surface area contributed by atoms with Crippen LogP contribution in [0, 0.1) is 17.8 Å². The Balaban J connectivity index is 1.40. The van der Waals surface area contributed by atoms with Crippen molar-refractivity contribution in [3.05, 3.63) is 42.1 Å². The fourth-order valence-electron chi connectivity index (χ4n) is 5.89. The Hall–Kier alpha value is -3.62. The van der Waals surface area contributed by atoms with Crippen molar-refractivity contribution in [2.75, 3.05) is 20.2 Å². The number of carbonyl (C=O) groups excluding carboxylic acids is 4. The number of aromatic nitrogens is 1. The van der Waals surface area contributed by atoms with Crippen LogP contribution in [-0.4, -0.2) is 65.7 Å². The van der Waals surface area contributed by atoms with E-state index in [0.29, 0.717) is 31.0 Å². The zero-order valence-electron chi connectivity index (χ0n) is 20.6. The first kappa shape index (κ1) is 24.1. The van der Waals surface area contributed by atoms with Crippen molar-refractivity contribution in [1.82, 2.24) is 20.5 Å². The topological polar surface area (TPSA) is 121 Å². The number of ether oxygens (including phenoxy) is 1. The molecular formula is C27H32N4O5. The van der Waals surface area contributed by atoms with Gasteiger partial charge in [0.05, 0.1) is 13.2 Å². The SMILES string of the molecule is CCC(=O)C(CC1CCNC1=O)NC(=O)C1C2C=CCC2CN1C(=O)c1cc2c(OC)cccc2[nH]1. The Bertz CT molecular complexity index is 1230. The molecule has 2 aliphatic heterocycles. The van der Waals surface area contributed by atoms with Crippen LogP contribution in [0.5, 0.6) is 5.75 Å². The first-order valence-electron chi connectivity index (χ1n) is 12.7. The van der Waals surface area contributed by atoms with Gasteiger partial charge in [-0.05, 0) is 43.4 Å². The summed E-state index contributed by atoms with van der Waals surface area (Å²) >= 11 is 0. The molecule has 3 heterocycles. The normalized spacial score (nSPS) is 25.6. The van der Waals surface area contributed by atoms with Gasteiger partial charge in [0.25, 0.3) is 5.91 Å². The minimum Gasteiger partial charge on any atom is -0.496 e. The molecule has 1 aromatic heterocycles. The summed E-state index contributed by atoms with van der Waals surface area (Å²) in [6.07, 6.45) is 6.05. The molecule has 0 bridgehead atoms. The quantitative estimate of drug-likeness (QED) is 0.488. The Morgan fingerprint density at radius 2 is 2.11 bits per heavy atom. The van der Waals surface area contributed by atoms with E-state index in [4.69, 9.17) is 4.74 Å². The van der Waals surface area contributed by atoms with E-state index in [9.17, 15) is 19.2 Å². The Labute approximate surface area is 209 Å². The second-order valence-electron chi connectivity index (χ2n) is 9.90. The van der Waals surface area contributed by atoms with Gasteiger partial charge in [-0.15, -0.1) is 0 Å². The highest BCUT2D eigenvalue weighted by Gasteiger charge is 2.48. The number of nitrogens with zero attached hydrogens (tertiary/aromatic N) is 1. The molecule has 9 heteroatoms. The second-order valence-corrected chi connectivity index (χ2v) is 9.90. The first-order valence-corrected chi connectivity index (χ1v) is 12.7. The molecule has 3 amide bonds. The third-order valence-electron chi connectivity index (χ3n) is 7.81. The lowest BCUT2D eigenvalue weighted by atomic mass is 9.91. The standard InChI is InChI=1S/C27H32N4O5/c1-3-22(32)20(12-15-10-11-28-25(15)33)30-26(34)24-17-7-4-6-16(17)14-31(24)27(35)21-13-18-19(29-21)8-5-9-23(18)36-2/h4-5,7-9,13,15-17,20,24,29H,3,6,10-12,14H2,1-2H3,(H,28,33)(H,30,34). The maximum Gasteiger partial charge on any atom is 0.271 e. The second kappa shape index (κ2) is 9.79. The third-order valence-corrected chi connectivity index (χ3v) is 7.81. The van der Waals surface area contributed by atoms with Gasteiger partial charge in [0.1, 0.15) is 17.5 Å². The number of methoxy groups -OCH3 is 1. The van der Waals surface area contributed by atoms with Crippen LogP contribution in [0.2, 0.25) is 0 Å². The van der Waals surface area contributed by atoms with E-state index in [1.165, 1.54) is 0 Å². The van der Waals surface area contributed by atoms with Gasteiger partial charge < -0.3 is 25.3 Å². The largest absolute Gasteiger partial charge is 0.496 e. The average Bonchev–Trinajstić information content (AvgIpc) is 3.66. The number of fused-ring (bicyclic) bond motifs is 2. The molecule has 5 unspecified atom stereocenters. The molecule has 1 aromatic carbocycles. The number of rotatable bonds is 8. The molecule has 2 saturated heterocycles. The summed E-state index contributed by atoms with van der Waals surface area (Å²) in [6, 6.07) is 5.84. The summed E-state index contributed by atoms with van der Waals surface area (Å²) < 4.78 is 5.43. The maximum atomic E-state index is 13.7. The number of Topliss-reactive ketones (excluding diaryl/α,β-unsaturated/α-hetero) is 1. The van der Waals surface area contributed by atoms with E-state index in [0.717, 1.165) is 17.3 Å². The van der Waals surface area contributed by atoms with Crippen LogP contribution in [0.25, 0.3) is 10.9 Å². The highest BCUT2D eigenvalue weighted by Crippen LogP contribution is 2.39. The Kier molecular flexibility index (Phi) is 6.55. The maximum absolute atomic E-state index is 13.7. The number of amides is 3. The summed E-state index contributed by atoms with van der Waals surface area (Å²) in [6.45, 7) is 2.79. The van der Waals surface area contributed by atoms with E-state index in [1.807, 2.05) is 24.3 Å². The van der Waals surface area contributed by atoms with Crippen molar-refractivity contribution in [3.8, 4) is 5.75 Å². The van der Waals surface area contributed by atoms with E-state index >= 15 is 0 Å². The van der Waals surface area contributed by atoms with Crippen molar-refractivity contribution in [3.63, 3.8) is 0 Å². The Morgan fingerprint density at radius 1 is 1.28 bits per heavy atom. The molecular weight excluding hydrogens is 460 g/mol. The average molecular weight is 493 g/mol. The highest BCUT2D eigenvalue weighted by molar-refractivity contribution is 6.02. The number of hydrogen-bond acceptors (Lipinski definition) is 5. The Morgan fingerprint density at radius 3 is 2.83 bits per heavy atom. The van der Waals surface area contributed by atoms with Crippen molar-refractivity contribution in [1.29, 1.82) is 0 Å². The van der Waals surface area contributed by atoms with E-state index in [2.05, 4.69) is 21.7 Å². The number of nitrogens with one attached hydrogen (secondary N) is 3. The molecule has 9 nitrogen and oxygen atoms in total. The predicted molar refractivity (Wildman–Crippen MR) is 133 cm³/mol. The fourth-order valence-corrected chi connectivity index (χ4v) is 5.89. The summed E-state index contributed by atoms with van der Waals surface area (Å²) in [5.74, 6) is -0.387. The monoisotopic (exact) mass is 492 g/mol. The lowest BCUT2D eigenvalue weighted by Crippen LogP contribution is -2.53. The number of carbonyl (C=O) groups is 4. The highest BCUT2D eigenvalue weighted by atomic mass is 16.5. The molecule has 0 radical (unpaired) electrons. The van der Waals surface area contributed by atoms with Gasteiger partial charge in [-0.3, -0.25) is 19.2 Å². The zero-order valence-corrected chi connectivity index (χ0v) is 20.6. The number of allylic oxidation sites excluding steroid dienone is 1. The lowest BCUT2D eigenvalue weighted by Gasteiger charge is -2.28. The minimum atomic E-state index is -0.755. The van der Waals surface area contributed by atoms with Crippen molar-refractivity contribution in [2.24, 2.45) is 17.8 Å². The molecule has 5 rings (SSSR count). The van der Waals surface area contributed by atoms with Crippen LogP contribution in [-0.2, 0) is 14.4 Å². The van der Waals surface area contributed by atoms with Crippen molar-refractivity contribution < 1.29 is 23.9 Å². The van der Waals surface area contributed by atoms with Crippen LogP contribution >= 0.6 is 0 Å². The van der Waals surface area contributed by atoms with Crippen LogP contribution in [0.1, 0.15) is 43.1 Å². The van der Waals surface area contributed by atoms with Crippen LogP contribution < -0.4 is 15.4 Å². The van der Waals surface area contributed by atoms with Gasteiger partial charge >= 0.3 is 0 Å². The number of benzene rings is 1. The van der Waals surface area contributed by atoms with Crippen LogP contribution in [0.4, 0.5) is 0 Å². The minimum absolute atomic E-state index is 0.0798. The smallest absolute Gasteiger partial charge is 0.271 e. The van der Waals surface area contributed by atoms with Crippen molar-refractivity contribution in [2.45, 2.75) is 44.7 Å². The van der Waals surface area contributed by atoms with Crippen LogP contribution in [0.3, 0.4) is 0 Å². The summed E-state index contributed by atoms with van der Waals surface area (Å²) in [4.78, 5) is 57.0. The summed E-state index contributed by atoms with van der Waals surface area (Å²) in [7, 11) is 1.58. The molecule has 190 valence electrons. The van der Waals surface area contributed by atoms with Gasteiger partial charge in [-0.1, -0.05) is 25.1 Å². The lowest BCUT2D eigenvalue weighted by molar-refractivity contribution is -0.131. The van der Waals surface area contributed by atoms with Gasteiger partial charge in [0.15, 0.2) is 5.78 Å². The molecule has 0 spiro atoms. The molecule has 36 heavy (non-hydrogen) atoms. The third kappa shape index (κ3) is 4.27. The van der Waals surface area contributed by atoms with Gasteiger partial charge in [-0.2, -0.15) is 0 Å². The number of likely N-dealkylation sites (tertiary alicyclic amines) is 1. The number of aromatic amines is 1. The molecule has 5 atom stereocenters. The fraction of sp³-hybridized carbons (Fsp3) is 0.481. The summed E-state index contributed by atoms with van der Waals surface area (Å²) in [5.41, 5.74) is 1.17. The number of ketones is 1. The number of hydrogen-bond donors (Lipinski definition) is 3.